The second-order valence-electron chi connectivity index (χ2n) is 6.45. The molecule has 0 aliphatic heterocycles. The van der Waals surface area contributed by atoms with E-state index >= 15 is 0 Å². The Bertz CT molecular complexity index is 246. The van der Waals surface area contributed by atoms with E-state index < -0.39 is 0 Å². The lowest BCUT2D eigenvalue weighted by molar-refractivity contribution is -0.139. The fourth-order valence-electron chi connectivity index (χ4n) is 2.02. The SMILES string of the molecule is CCN(CC)C(=O)C(CC(C)(C)S)C(C)(C)C. The highest BCUT2D eigenvalue weighted by Gasteiger charge is 2.36. The van der Waals surface area contributed by atoms with Gasteiger partial charge >= 0.3 is 0 Å². The van der Waals surface area contributed by atoms with Crippen LogP contribution in [0.15, 0.2) is 0 Å². The van der Waals surface area contributed by atoms with E-state index in [1.165, 1.54) is 0 Å². The topological polar surface area (TPSA) is 20.3 Å². The molecule has 1 atom stereocenters. The smallest absolute Gasteiger partial charge is 0.226 e. The third kappa shape index (κ3) is 5.80. The lowest BCUT2D eigenvalue weighted by atomic mass is 9.75. The minimum atomic E-state index is -0.110. The maximum Gasteiger partial charge on any atom is 0.226 e. The van der Waals surface area contributed by atoms with Gasteiger partial charge in [-0.05, 0) is 25.7 Å². The number of carbonyl (C=O) groups is 1. The first-order valence-electron chi connectivity index (χ1n) is 6.54. The van der Waals surface area contributed by atoms with Gasteiger partial charge in [-0.3, -0.25) is 4.79 Å². The molecule has 102 valence electrons. The lowest BCUT2D eigenvalue weighted by Gasteiger charge is -2.37. The van der Waals surface area contributed by atoms with Crippen LogP contribution in [0.4, 0.5) is 0 Å². The van der Waals surface area contributed by atoms with Crippen molar-refractivity contribution in [2.45, 2.75) is 59.6 Å². The quantitative estimate of drug-likeness (QED) is 0.748. The zero-order valence-corrected chi connectivity index (χ0v) is 13.4. The Morgan fingerprint density at radius 2 is 1.53 bits per heavy atom. The van der Waals surface area contributed by atoms with Crippen LogP contribution < -0.4 is 0 Å². The van der Waals surface area contributed by atoms with E-state index in [4.69, 9.17) is 0 Å². The maximum absolute atomic E-state index is 12.5. The van der Waals surface area contributed by atoms with Gasteiger partial charge in [-0.1, -0.05) is 34.6 Å². The van der Waals surface area contributed by atoms with Crippen molar-refractivity contribution >= 4 is 18.5 Å². The van der Waals surface area contributed by atoms with Gasteiger partial charge in [-0.25, -0.2) is 0 Å². The Labute approximate surface area is 113 Å². The highest BCUT2D eigenvalue weighted by Crippen LogP contribution is 2.36. The molecule has 3 heteroatoms. The summed E-state index contributed by atoms with van der Waals surface area (Å²) in [6.07, 6.45) is 0.814. The highest BCUT2D eigenvalue weighted by molar-refractivity contribution is 7.81. The van der Waals surface area contributed by atoms with Crippen molar-refractivity contribution in [3.63, 3.8) is 0 Å². The largest absolute Gasteiger partial charge is 0.343 e. The molecule has 0 aliphatic carbocycles. The van der Waals surface area contributed by atoms with E-state index in [2.05, 4.69) is 47.2 Å². The van der Waals surface area contributed by atoms with Gasteiger partial charge in [0.15, 0.2) is 0 Å². The van der Waals surface area contributed by atoms with Crippen LogP contribution in [0.2, 0.25) is 0 Å². The molecule has 0 saturated carbocycles. The molecule has 0 radical (unpaired) electrons. The molecule has 17 heavy (non-hydrogen) atoms. The predicted octanol–water partition coefficient (Wildman–Crippen LogP) is 3.62. The van der Waals surface area contributed by atoms with E-state index in [0.29, 0.717) is 0 Å². The Balaban J connectivity index is 5.00. The third-order valence-electron chi connectivity index (χ3n) is 3.12. The summed E-state index contributed by atoms with van der Waals surface area (Å²) < 4.78 is -0.110. The van der Waals surface area contributed by atoms with Crippen molar-refractivity contribution in [1.29, 1.82) is 0 Å². The van der Waals surface area contributed by atoms with Crippen molar-refractivity contribution in [2.75, 3.05) is 13.1 Å². The van der Waals surface area contributed by atoms with Crippen molar-refractivity contribution in [2.24, 2.45) is 11.3 Å². The Kier molecular flexibility index (Phi) is 6.06. The Morgan fingerprint density at radius 3 is 1.76 bits per heavy atom. The van der Waals surface area contributed by atoms with Gasteiger partial charge in [0.1, 0.15) is 0 Å². The molecule has 0 N–H and O–H groups in total. The summed E-state index contributed by atoms with van der Waals surface area (Å²) >= 11 is 4.58. The predicted molar refractivity (Wildman–Crippen MR) is 78.6 cm³/mol. The van der Waals surface area contributed by atoms with E-state index in [0.717, 1.165) is 19.5 Å². The summed E-state index contributed by atoms with van der Waals surface area (Å²) in [5.41, 5.74) is -0.0142. The van der Waals surface area contributed by atoms with Crippen LogP contribution in [0.5, 0.6) is 0 Å². The molecule has 0 aromatic carbocycles. The van der Waals surface area contributed by atoms with E-state index in [1.807, 2.05) is 18.7 Å². The molecule has 1 unspecified atom stereocenters. The van der Waals surface area contributed by atoms with Crippen molar-refractivity contribution in [1.82, 2.24) is 4.90 Å². The summed E-state index contributed by atoms with van der Waals surface area (Å²) in [6.45, 7) is 16.2. The molecule has 0 aromatic heterocycles. The van der Waals surface area contributed by atoms with Gasteiger partial charge in [0.05, 0.1) is 0 Å². The second-order valence-corrected chi connectivity index (χ2v) is 7.66. The average molecular weight is 259 g/mol. The van der Waals surface area contributed by atoms with E-state index in [9.17, 15) is 4.79 Å². The molecule has 2 nitrogen and oxygen atoms in total. The molecular weight excluding hydrogens is 230 g/mol. The number of nitrogens with zero attached hydrogens (tertiary/aromatic N) is 1. The van der Waals surface area contributed by atoms with Gasteiger partial charge in [0.25, 0.3) is 0 Å². The molecular formula is C14H29NOS. The van der Waals surface area contributed by atoms with Crippen LogP contribution in [0, 0.1) is 11.3 Å². The molecule has 0 rings (SSSR count). The number of thiol groups is 1. The average Bonchev–Trinajstić information content (AvgIpc) is 2.13. The van der Waals surface area contributed by atoms with Crippen LogP contribution in [0.1, 0.15) is 54.9 Å². The first-order valence-corrected chi connectivity index (χ1v) is 6.98. The first-order chi connectivity index (χ1) is 7.53. The normalized spacial score (nSPS) is 14.6. The van der Waals surface area contributed by atoms with Crippen LogP contribution in [-0.2, 0) is 4.79 Å². The number of hydrogen-bond acceptors (Lipinski definition) is 2. The standard InChI is InChI=1S/C14H29NOS/c1-8-15(9-2)12(16)11(13(3,4)5)10-14(6,7)17/h11,17H,8-10H2,1-7H3. The third-order valence-corrected chi connectivity index (χ3v) is 3.30. The molecule has 0 fully saturated rings. The van der Waals surface area contributed by atoms with Crippen LogP contribution >= 0.6 is 12.6 Å². The minimum Gasteiger partial charge on any atom is -0.343 e. The minimum absolute atomic E-state index is 0.0142. The summed E-state index contributed by atoms with van der Waals surface area (Å²) in [7, 11) is 0. The van der Waals surface area contributed by atoms with Gasteiger partial charge in [-0.2, -0.15) is 12.6 Å². The fraction of sp³-hybridized carbons (Fsp3) is 0.929. The molecule has 0 saturated heterocycles. The highest BCUT2D eigenvalue weighted by atomic mass is 32.1. The Morgan fingerprint density at radius 1 is 1.12 bits per heavy atom. The molecule has 0 aromatic rings. The zero-order valence-electron chi connectivity index (χ0n) is 12.5. The summed E-state index contributed by atoms with van der Waals surface area (Å²) in [5, 5.41) is 0. The summed E-state index contributed by atoms with van der Waals surface area (Å²) in [6, 6.07) is 0. The molecule has 0 heterocycles. The van der Waals surface area contributed by atoms with Gasteiger partial charge in [-0.15, -0.1) is 0 Å². The van der Waals surface area contributed by atoms with Gasteiger partial charge < -0.3 is 4.90 Å². The van der Waals surface area contributed by atoms with E-state index in [1.54, 1.807) is 0 Å². The van der Waals surface area contributed by atoms with Crippen LogP contribution in [0.3, 0.4) is 0 Å². The van der Waals surface area contributed by atoms with Crippen molar-refractivity contribution in [3.8, 4) is 0 Å². The number of amides is 1. The maximum atomic E-state index is 12.5. The van der Waals surface area contributed by atoms with Gasteiger partial charge in [0, 0.05) is 23.8 Å². The number of hydrogen-bond donors (Lipinski definition) is 1. The lowest BCUT2D eigenvalue weighted by Crippen LogP contribution is -2.43. The van der Waals surface area contributed by atoms with Crippen LogP contribution in [-0.4, -0.2) is 28.6 Å². The first kappa shape index (κ1) is 16.8. The summed E-state index contributed by atoms with van der Waals surface area (Å²) in [5.74, 6) is 0.305. The molecule has 0 aliphatic rings. The Hall–Kier alpha value is -0.180. The van der Waals surface area contributed by atoms with E-state index in [-0.39, 0.29) is 22.0 Å². The monoisotopic (exact) mass is 259 g/mol. The molecule has 0 bridgehead atoms. The fourth-order valence-corrected chi connectivity index (χ4v) is 2.20. The number of carbonyl (C=O) groups excluding carboxylic acids is 1. The second kappa shape index (κ2) is 6.12. The molecule has 1 amide bonds. The molecule has 0 spiro atoms. The van der Waals surface area contributed by atoms with Crippen molar-refractivity contribution in [3.05, 3.63) is 0 Å². The zero-order chi connectivity index (χ0) is 13.9. The number of rotatable bonds is 5. The van der Waals surface area contributed by atoms with Gasteiger partial charge in [0.2, 0.25) is 5.91 Å². The van der Waals surface area contributed by atoms with Crippen molar-refractivity contribution < 1.29 is 4.79 Å². The van der Waals surface area contributed by atoms with Crippen LogP contribution in [0.25, 0.3) is 0 Å². The summed E-state index contributed by atoms with van der Waals surface area (Å²) in [4.78, 5) is 14.4.